The number of amides is 2. The number of methoxy groups -OCH3 is 1. The smallest absolute Gasteiger partial charge is 0.407 e. The van der Waals surface area contributed by atoms with Gasteiger partial charge in [-0.15, -0.1) is 0 Å². The quantitative estimate of drug-likeness (QED) is 0.634. The lowest BCUT2D eigenvalue weighted by molar-refractivity contribution is -0.140. The van der Waals surface area contributed by atoms with Crippen LogP contribution in [0.3, 0.4) is 0 Å². The van der Waals surface area contributed by atoms with E-state index in [1.807, 2.05) is 36.4 Å². The van der Waals surface area contributed by atoms with Crippen molar-refractivity contribution in [3.8, 4) is 11.1 Å². The normalized spacial score (nSPS) is 23.9. The first-order valence-electron chi connectivity index (χ1n) is 12.1. The summed E-state index contributed by atoms with van der Waals surface area (Å²) in [5.41, 5.74) is 4.50. The summed E-state index contributed by atoms with van der Waals surface area (Å²) in [5.74, 6) is -1.40. The van der Waals surface area contributed by atoms with Gasteiger partial charge in [0.15, 0.2) is 0 Å². The number of piperidine rings is 1. The molecule has 1 saturated carbocycles. The highest BCUT2D eigenvalue weighted by atomic mass is 16.5. The van der Waals surface area contributed by atoms with Crippen LogP contribution in [-0.4, -0.2) is 66.9 Å². The van der Waals surface area contributed by atoms with Crippen LogP contribution in [-0.2, 0) is 19.1 Å². The predicted molar refractivity (Wildman–Crippen MR) is 128 cm³/mol. The van der Waals surface area contributed by atoms with E-state index in [2.05, 4.69) is 17.4 Å². The number of carboxylic acids is 1. The Morgan fingerprint density at radius 3 is 2.29 bits per heavy atom. The van der Waals surface area contributed by atoms with Crippen molar-refractivity contribution in [2.45, 2.75) is 31.4 Å². The number of hydrogen-bond donors (Lipinski definition) is 2. The van der Waals surface area contributed by atoms with Crippen molar-refractivity contribution in [2.24, 2.45) is 17.8 Å². The Labute approximate surface area is 204 Å². The number of carboxylic acid groups (broad SMARTS) is 1. The highest BCUT2D eigenvalue weighted by molar-refractivity contribution is 5.87. The third-order valence-electron chi connectivity index (χ3n) is 7.82. The lowest BCUT2D eigenvalue weighted by Crippen LogP contribution is -2.55. The van der Waals surface area contributed by atoms with Gasteiger partial charge in [0.1, 0.15) is 12.6 Å². The van der Waals surface area contributed by atoms with Crippen molar-refractivity contribution >= 4 is 18.0 Å². The van der Waals surface area contributed by atoms with Crippen molar-refractivity contribution in [3.63, 3.8) is 0 Å². The number of ether oxygens (including phenoxy) is 2. The number of fused-ring (bicyclic) bond motifs is 4. The average Bonchev–Trinajstić information content (AvgIpc) is 3.52. The number of nitrogens with zero attached hydrogens (tertiary/aromatic N) is 1. The van der Waals surface area contributed by atoms with Crippen molar-refractivity contribution in [3.05, 3.63) is 59.7 Å². The minimum Gasteiger partial charge on any atom is -0.481 e. The van der Waals surface area contributed by atoms with E-state index in [4.69, 9.17) is 9.47 Å². The number of nitrogens with one attached hydrogen (secondary N) is 1. The highest BCUT2D eigenvalue weighted by Crippen LogP contribution is 2.51. The molecule has 0 radical (unpaired) electrons. The molecule has 0 spiro atoms. The summed E-state index contributed by atoms with van der Waals surface area (Å²) in [7, 11) is 1.48. The fourth-order valence-electron chi connectivity index (χ4n) is 5.78. The van der Waals surface area contributed by atoms with Crippen LogP contribution in [0, 0.1) is 17.8 Å². The van der Waals surface area contributed by atoms with Crippen LogP contribution in [0.1, 0.15) is 30.4 Å². The molecular formula is C27H30N2O6. The molecule has 1 heterocycles. The zero-order chi connectivity index (χ0) is 24.7. The van der Waals surface area contributed by atoms with Gasteiger partial charge in [0.25, 0.3) is 0 Å². The molecule has 5 atom stereocenters. The van der Waals surface area contributed by atoms with E-state index >= 15 is 0 Å². The minimum absolute atomic E-state index is 0.0156. The molecule has 35 heavy (non-hydrogen) atoms. The molecular weight excluding hydrogens is 448 g/mol. The van der Waals surface area contributed by atoms with Gasteiger partial charge in [-0.1, -0.05) is 48.5 Å². The van der Waals surface area contributed by atoms with Crippen molar-refractivity contribution in [2.75, 3.05) is 26.8 Å². The van der Waals surface area contributed by atoms with E-state index < -0.39 is 24.2 Å². The summed E-state index contributed by atoms with van der Waals surface area (Å²) in [5, 5.41) is 12.0. The van der Waals surface area contributed by atoms with Crippen LogP contribution in [0.25, 0.3) is 11.1 Å². The largest absolute Gasteiger partial charge is 0.481 e. The summed E-state index contributed by atoms with van der Waals surface area (Å²) in [6.45, 7) is 2.73. The van der Waals surface area contributed by atoms with Gasteiger partial charge >= 0.3 is 12.1 Å². The van der Waals surface area contributed by atoms with Crippen LogP contribution in [0.15, 0.2) is 48.5 Å². The molecule has 1 saturated heterocycles. The Morgan fingerprint density at radius 1 is 1.06 bits per heavy atom. The summed E-state index contributed by atoms with van der Waals surface area (Å²) in [6.07, 6.45) is -0.596. The van der Waals surface area contributed by atoms with Gasteiger partial charge in [-0.2, -0.15) is 0 Å². The molecule has 2 aromatic rings. The van der Waals surface area contributed by atoms with Gasteiger partial charge in [0.2, 0.25) is 5.91 Å². The maximum absolute atomic E-state index is 13.3. The van der Waals surface area contributed by atoms with Crippen LogP contribution in [0.2, 0.25) is 0 Å². The van der Waals surface area contributed by atoms with Crippen molar-refractivity contribution in [1.29, 1.82) is 0 Å². The molecule has 5 rings (SSSR count). The van der Waals surface area contributed by atoms with E-state index in [0.29, 0.717) is 19.5 Å². The number of carbonyl (C=O) groups is 3. The van der Waals surface area contributed by atoms with Crippen molar-refractivity contribution < 1.29 is 29.0 Å². The molecule has 3 aliphatic rings. The standard InChI is InChI=1S/C27H30N2O6/c1-15(34-2)24(25(30)29-12-11-20-21(13-29)23(20)26(31)32)28-27(33)35-14-22-18-9-5-3-7-16(18)17-8-4-6-10-19(17)22/h3-10,15,20-24H,11-14H2,1-2H3,(H,28,33)(H,31,32)/t15-,20?,21?,23?,24+/m1/s1. The second kappa shape index (κ2) is 9.34. The van der Waals surface area contributed by atoms with Gasteiger partial charge in [-0.25, -0.2) is 4.79 Å². The molecule has 8 nitrogen and oxygen atoms in total. The second-order valence-electron chi connectivity index (χ2n) is 9.65. The SMILES string of the molecule is CO[C@H](C)[C@H](NC(=O)OCC1c2ccccc2-c2ccccc21)C(=O)N1CCC2C(C1)C2C(=O)O. The average molecular weight is 479 g/mol. The van der Waals surface area contributed by atoms with Gasteiger partial charge in [-0.3, -0.25) is 9.59 Å². The van der Waals surface area contributed by atoms with E-state index in [0.717, 1.165) is 22.3 Å². The lowest BCUT2D eigenvalue weighted by atomic mass is 9.98. The first kappa shape index (κ1) is 23.4. The summed E-state index contributed by atoms with van der Waals surface area (Å²) < 4.78 is 11.0. The molecule has 8 heteroatoms. The number of carbonyl (C=O) groups excluding carboxylic acids is 2. The van der Waals surface area contributed by atoms with E-state index in [-0.39, 0.29) is 36.2 Å². The highest BCUT2D eigenvalue weighted by Gasteiger charge is 2.57. The first-order valence-corrected chi connectivity index (χ1v) is 12.1. The molecule has 0 bridgehead atoms. The maximum Gasteiger partial charge on any atom is 0.407 e. The zero-order valence-electron chi connectivity index (χ0n) is 19.8. The Morgan fingerprint density at radius 2 is 1.69 bits per heavy atom. The number of alkyl carbamates (subject to hydrolysis) is 1. The number of aliphatic carboxylic acids is 1. The van der Waals surface area contributed by atoms with Crippen LogP contribution < -0.4 is 5.32 Å². The van der Waals surface area contributed by atoms with E-state index in [9.17, 15) is 19.5 Å². The summed E-state index contributed by atoms with van der Waals surface area (Å²) in [6, 6.07) is 15.3. The minimum atomic E-state index is -0.922. The third kappa shape index (κ3) is 4.27. The monoisotopic (exact) mass is 478 g/mol. The van der Waals surface area contributed by atoms with E-state index in [1.165, 1.54) is 7.11 Å². The fraction of sp³-hybridized carbons (Fsp3) is 0.444. The molecule has 2 amide bonds. The molecule has 2 aliphatic carbocycles. The molecule has 3 unspecified atom stereocenters. The Kier molecular flexibility index (Phi) is 6.23. The Hall–Kier alpha value is -3.39. The number of hydrogen-bond acceptors (Lipinski definition) is 5. The van der Waals surface area contributed by atoms with Crippen LogP contribution in [0.4, 0.5) is 4.79 Å². The fourth-order valence-corrected chi connectivity index (χ4v) is 5.78. The predicted octanol–water partition coefficient (Wildman–Crippen LogP) is 3.11. The topological polar surface area (TPSA) is 105 Å². The van der Waals surface area contributed by atoms with E-state index in [1.54, 1.807) is 11.8 Å². The van der Waals surface area contributed by atoms with Gasteiger partial charge < -0.3 is 24.8 Å². The molecule has 2 N–H and O–H groups in total. The van der Waals surface area contributed by atoms with Gasteiger partial charge in [0.05, 0.1) is 12.0 Å². The Bertz CT molecular complexity index is 1100. The number of rotatable bonds is 7. The van der Waals surface area contributed by atoms with Gasteiger partial charge in [0, 0.05) is 26.1 Å². The van der Waals surface area contributed by atoms with Crippen molar-refractivity contribution in [1.82, 2.24) is 10.2 Å². The third-order valence-corrected chi connectivity index (χ3v) is 7.82. The lowest BCUT2D eigenvalue weighted by Gasteiger charge is -2.32. The molecule has 184 valence electrons. The van der Waals surface area contributed by atoms with Crippen LogP contribution >= 0.6 is 0 Å². The van der Waals surface area contributed by atoms with Gasteiger partial charge in [-0.05, 0) is 47.4 Å². The molecule has 2 fully saturated rings. The number of benzene rings is 2. The molecule has 2 aromatic carbocycles. The second-order valence-corrected chi connectivity index (χ2v) is 9.65. The molecule has 1 aliphatic heterocycles. The summed E-state index contributed by atoms with van der Waals surface area (Å²) in [4.78, 5) is 39.1. The summed E-state index contributed by atoms with van der Waals surface area (Å²) >= 11 is 0. The maximum atomic E-state index is 13.3. The number of likely N-dealkylation sites (tertiary alicyclic amines) is 1. The zero-order valence-corrected chi connectivity index (χ0v) is 19.8. The Balaban J connectivity index is 1.24. The molecule has 0 aromatic heterocycles. The first-order chi connectivity index (χ1) is 16.9. The van der Waals surface area contributed by atoms with Crippen LogP contribution in [0.5, 0.6) is 0 Å².